The number of fused-ring (bicyclic) bond motifs is 5. The van der Waals surface area contributed by atoms with Crippen LogP contribution in [0.3, 0.4) is 0 Å². The highest BCUT2D eigenvalue weighted by molar-refractivity contribution is 9.10. The van der Waals surface area contributed by atoms with E-state index in [1.165, 1.54) is 12.1 Å². The molecule has 1 aliphatic heterocycles. The molecule has 3 aromatic rings. The van der Waals surface area contributed by atoms with E-state index < -0.39 is 4.92 Å². The highest BCUT2D eigenvalue weighted by Gasteiger charge is 2.24. The summed E-state index contributed by atoms with van der Waals surface area (Å²) in [5.74, 6) is -0.139. The van der Waals surface area contributed by atoms with Gasteiger partial charge in [0.25, 0.3) is 5.69 Å². The van der Waals surface area contributed by atoms with Crippen molar-refractivity contribution in [2.75, 3.05) is 5.32 Å². The molecule has 0 spiro atoms. The van der Waals surface area contributed by atoms with E-state index in [-0.39, 0.29) is 18.0 Å². The average Bonchev–Trinajstić information content (AvgIpc) is 2.80. The fourth-order valence-corrected chi connectivity index (χ4v) is 3.31. The number of nitro benzene ring substituents is 1. The van der Waals surface area contributed by atoms with Crippen LogP contribution in [0, 0.1) is 10.1 Å². The van der Waals surface area contributed by atoms with Crippen LogP contribution in [0.5, 0.6) is 0 Å². The van der Waals surface area contributed by atoms with Crippen molar-refractivity contribution in [1.82, 2.24) is 4.98 Å². The second-order valence-electron chi connectivity index (χ2n) is 5.38. The molecule has 1 amide bonds. The number of amides is 1. The molecule has 23 heavy (non-hydrogen) atoms. The quantitative estimate of drug-likeness (QED) is 0.500. The van der Waals surface area contributed by atoms with Gasteiger partial charge in [-0.25, -0.2) is 0 Å². The van der Waals surface area contributed by atoms with Gasteiger partial charge in [-0.2, -0.15) is 0 Å². The van der Waals surface area contributed by atoms with Crippen LogP contribution in [0.2, 0.25) is 0 Å². The Kier molecular flexibility index (Phi) is 2.99. The first kappa shape index (κ1) is 14.0. The number of halogens is 1. The van der Waals surface area contributed by atoms with Crippen molar-refractivity contribution in [3.63, 3.8) is 0 Å². The minimum absolute atomic E-state index is 0.0124. The van der Waals surface area contributed by atoms with Gasteiger partial charge >= 0.3 is 0 Å². The number of carbonyl (C=O) groups is 1. The Morgan fingerprint density at radius 1 is 1.17 bits per heavy atom. The maximum atomic E-state index is 12.2. The van der Waals surface area contributed by atoms with Crippen LogP contribution in [0.4, 0.5) is 11.4 Å². The van der Waals surface area contributed by atoms with Crippen LogP contribution >= 0.6 is 15.9 Å². The van der Waals surface area contributed by atoms with Gasteiger partial charge in [-0.3, -0.25) is 14.9 Å². The van der Waals surface area contributed by atoms with Gasteiger partial charge in [0, 0.05) is 33.1 Å². The Balaban J connectivity index is 2.05. The number of aromatic nitrogens is 1. The van der Waals surface area contributed by atoms with Crippen molar-refractivity contribution in [3.8, 4) is 11.3 Å². The van der Waals surface area contributed by atoms with E-state index >= 15 is 0 Å². The zero-order valence-electron chi connectivity index (χ0n) is 11.7. The molecule has 0 aliphatic carbocycles. The molecular formula is C16H10BrN3O3. The first-order valence-corrected chi connectivity index (χ1v) is 7.71. The second kappa shape index (κ2) is 4.92. The Morgan fingerprint density at radius 3 is 2.78 bits per heavy atom. The number of carbonyl (C=O) groups excluding carboxylic acids is 1. The number of nitro groups is 1. The molecule has 2 N–H and O–H groups in total. The largest absolute Gasteiger partial charge is 0.354 e. The summed E-state index contributed by atoms with van der Waals surface area (Å²) in [7, 11) is 0. The van der Waals surface area contributed by atoms with Crippen LogP contribution in [-0.2, 0) is 11.2 Å². The lowest BCUT2D eigenvalue weighted by Crippen LogP contribution is -2.12. The normalized spacial score (nSPS) is 13.2. The molecule has 0 fully saturated rings. The number of anilines is 1. The first-order chi connectivity index (χ1) is 11.0. The lowest BCUT2D eigenvalue weighted by Gasteiger charge is -2.07. The van der Waals surface area contributed by atoms with Crippen molar-refractivity contribution >= 4 is 44.1 Å². The zero-order chi connectivity index (χ0) is 16.1. The van der Waals surface area contributed by atoms with E-state index in [2.05, 4.69) is 26.2 Å². The Labute approximate surface area is 138 Å². The van der Waals surface area contributed by atoms with Crippen LogP contribution in [0.25, 0.3) is 22.2 Å². The SMILES string of the molecule is O=C1Cc2c([nH]c3ccc([N+](=O)[O-])cc23)-c2cc(Br)ccc2N1. The predicted octanol–water partition coefficient (Wildman–Crippen LogP) is 4.00. The highest BCUT2D eigenvalue weighted by Crippen LogP contribution is 2.39. The third kappa shape index (κ3) is 2.20. The molecule has 0 atom stereocenters. The number of nitrogens with zero attached hydrogens (tertiary/aromatic N) is 1. The summed E-state index contributed by atoms with van der Waals surface area (Å²) < 4.78 is 0.892. The van der Waals surface area contributed by atoms with Crippen LogP contribution in [0.1, 0.15) is 5.56 Å². The van der Waals surface area contributed by atoms with Gasteiger partial charge in [-0.1, -0.05) is 15.9 Å². The van der Waals surface area contributed by atoms with E-state index in [1.54, 1.807) is 6.07 Å². The number of aromatic amines is 1. The topological polar surface area (TPSA) is 88.0 Å². The minimum atomic E-state index is -0.430. The molecule has 114 valence electrons. The molecule has 4 rings (SSSR count). The number of rotatable bonds is 1. The summed E-state index contributed by atoms with van der Waals surface area (Å²) in [6.45, 7) is 0. The molecule has 0 unspecified atom stereocenters. The number of nitrogens with one attached hydrogen (secondary N) is 2. The fourth-order valence-electron chi connectivity index (χ4n) is 2.95. The maximum Gasteiger partial charge on any atom is 0.270 e. The highest BCUT2D eigenvalue weighted by atomic mass is 79.9. The van der Waals surface area contributed by atoms with Gasteiger partial charge < -0.3 is 10.3 Å². The summed E-state index contributed by atoms with van der Waals surface area (Å²) in [4.78, 5) is 26.1. The maximum absolute atomic E-state index is 12.2. The molecule has 0 bridgehead atoms. The molecule has 1 aromatic heterocycles. The van der Waals surface area contributed by atoms with Crippen LogP contribution in [-0.4, -0.2) is 15.8 Å². The van der Waals surface area contributed by atoms with Gasteiger partial charge in [0.1, 0.15) is 0 Å². The monoisotopic (exact) mass is 371 g/mol. The zero-order valence-corrected chi connectivity index (χ0v) is 13.3. The summed E-state index contributed by atoms with van der Waals surface area (Å²) in [5.41, 5.74) is 3.96. The van der Waals surface area contributed by atoms with Crippen molar-refractivity contribution in [1.29, 1.82) is 0 Å². The van der Waals surface area contributed by atoms with Crippen molar-refractivity contribution < 1.29 is 9.72 Å². The second-order valence-corrected chi connectivity index (χ2v) is 6.30. The first-order valence-electron chi connectivity index (χ1n) is 6.92. The molecule has 2 heterocycles. The van der Waals surface area contributed by atoms with Gasteiger partial charge in [0.2, 0.25) is 5.91 Å². The molecule has 2 aromatic carbocycles. The smallest absolute Gasteiger partial charge is 0.270 e. The molecule has 6 nitrogen and oxygen atoms in total. The lowest BCUT2D eigenvalue weighted by atomic mass is 10.0. The molecule has 7 heteroatoms. The number of hydrogen-bond acceptors (Lipinski definition) is 3. The number of hydrogen-bond donors (Lipinski definition) is 2. The fraction of sp³-hybridized carbons (Fsp3) is 0.0625. The van der Waals surface area contributed by atoms with E-state index in [0.717, 1.165) is 32.5 Å². The van der Waals surface area contributed by atoms with Crippen LogP contribution < -0.4 is 5.32 Å². The third-order valence-electron chi connectivity index (χ3n) is 3.96. The van der Waals surface area contributed by atoms with Crippen molar-refractivity contribution in [3.05, 3.63) is 56.5 Å². The van der Waals surface area contributed by atoms with Crippen molar-refractivity contribution in [2.45, 2.75) is 6.42 Å². The van der Waals surface area contributed by atoms with E-state index in [9.17, 15) is 14.9 Å². The number of non-ortho nitro benzene ring substituents is 1. The molecule has 0 saturated carbocycles. The van der Waals surface area contributed by atoms with Crippen LogP contribution in [0.15, 0.2) is 40.9 Å². The van der Waals surface area contributed by atoms with Gasteiger partial charge in [-0.05, 0) is 29.8 Å². The summed E-state index contributed by atoms with van der Waals surface area (Å²) in [5, 5.41) is 14.6. The summed E-state index contributed by atoms with van der Waals surface area (Å²) in [6.07, 6.45) is 0.169. The van der Waals surface area contributed by atoms with Gasteiger partial charge in [-0.15, -0.1) is 0 Å². The van der Waals surface area contributed by atoms with E-state index in [1.807, 2.05) is 18.2 Å². The molecular weight excluding hydrogens is 362 g/mol. The standard InChI is InChI=1S/C16H10BrN3O3/c17-8-1-3-14-12(5-8)16-11(7-15(21)18-14)10-6-9(20(22)23)2-4-13(10)19-16/h1-6,19H,7H2,(H,18,21). The Bertz CT molecular complexity index is 994. The summed E-state index contributed by atoms with van der Waals surface area (Å²) in [6, 6.07) is 10.3. The molecule has 0 radical (unpaired) electrons. The molecule has 1 aliphatic rings. The number of H-pyrrole nitrogens is 1. The van der Waals surface area contributed by atoms with E-state index in [4.69, 9.17) is 0 Å². The average molecular weight is 372 g/mol. The predicted molar refractivity (Wildman–Crippen MR) is 90.4 cm³/mol. The van der Waals surface area contributed by atoms with Gasteiger partial charge in [0.15, 0.2) is 0 Å². The lowest BCUT2D eigenvalue weighted by molar-refractivity contribution is -0.384. The molecule has 0 saturated heterocycles. The van der Waals surface area contributed by atoms with E-state index in [0.29, 0.717) is 5.39 Å². The minimum Gasteiger partial charge on any atom is -0.354 e. The Hall–Kier alpha value is -2.67. The van der Waals surface area contributed by atoms with Gasteiger partial charge in [0.05, 0.1) is 22.7 Å². The third-order valence-corrected chi connectivity index (χ3v) is 4.46. The summed E-state index contributed by atoms with van der Waals surface area (Å²) >= 11 is 3.44. The Morgan fingerprint density at radius 2 is 2.00 bits per heavy atom. The number of benzene rings is 2. The van der Waals surface area contributed by atoms with Crippen molar-refractivity contribution in [2.24, 2.45) is 0 Å².